The van der Waals surface area contributed by atoms with E-state index in [0.29, 0.717) is 30.2 Å². The summed E-state index contributed by atoms with van der Waals surface area (Å²) in [6, 6.07) is 4.84. The molecule has 1 aromatic carbocycles. The van der Waals surface area contributed by atoms with Crippen LogP contribution in [0.4, 0.5) is 0 Å². The maximum absolute atomic E-state index is 11.8. The number of hydrogen-bond donors (Lipinski definition) is 1. The summed E-state index contributed by atoms with van der Waals surface area (Å²) in [4.78, 5) is 22.6. The Hall–Kier alpha value is -2.08. The molecule has 1 heterocycles. The lowest BCUT2D eigenvalue weighted by Gasteiger charge is -2.13. The van der Waals surface area contributed by atoms with Crippen molar-refractivity contribution in [2.45, 2.75) is 25.9 Å². The van der Waals surface area contributed by atoms with Crippen LogP contribution in [0.5, 0.6) is 11.5 Å². The zero-order chi connectivity index (χ0) is 15.8. The molecule has 1 fully saturated rings. The van der Waals surface area contributed by atoms with E-state index in [1.807, 2.05) is 6.92 Å². The van der Waals surface area contributed by atoms with Gasteiger partial charge in [0.2, 0.25) is 0 Å². The molecule has 6 heteroatoms. The molecule has 1 aromatic rings. The van der Waals surface area contributed by atoms with E-state index in [9.17, 15) is 9.59 Å². The van der Waals surface area contributed by atoms with E-state index in [0.717, 1.165) is 25.7 Å². The van der Waals surface area contributed by atoms with Crippen LogP contribution in [0.3, 0.4) is 0 Å². The van der Waals surface area contributed by atoms with Gasteiger partial charge in [0.25, 0.3) is 5.91 Å². The van der Waals surface area contributed by atoms with Crippen molar-refractivity contribution in [2.75, 3.05) is 26.4 Å². The third kappa shape index (κ3) is 4.73. The molecule has 1 N–H and O–H groups in total. The van der Waals surface area contributed by atoms with Crippen LogP contribution in [0.25, 0.3) is 0 Å². The predicted molar refractivity (Wildman–Crippen MR) is 80.5 cm³/mol. The first-order valence-electron chi connectivity index (χ1n) is 7.46. The highest BCUT2D eigenvalue weighted by atomic mass is 16.5. The monoisotopic (exact) mass is 307 g/mol. The van der Waals surface area contributed by atoms with Crippen molar-refractivity contribution in [2.24, 2.45) is 0 Å². The minimum atomic E-state index is -0.211. The predicted octanol–water partition coefficient (Wildman–Crippen LogP) is 1.57. The van der Waals surface area contributed by atoms with E-state index in [1.54, 1.807) is 18.2 Å². The molecule has 2 rings (SSSR count). The lowest BCUT2D eigenvalue weighted by Crippen LogP contribution is -2.35. The fourth-order valence-electron chi connectivity index (χ4n) is 2.21. The number of carbonyl (C=O) groups excluding carboxylic acids is 2. The molecule has 1 saturated heterocycles. The minimum absolute atomic E-state index is 0.104. The van der Waals surface area contributed by atoms with Gasteiger partial charge in [-0.05, 0) is 38.0 Å². The Kier molecular flexibility index (Phi) is 6.21. The van der Waals surface area contributed by atoms with Gasteiger partial charge in [-0.15, -0.1) is 0 Å². The standard InChI is InChI=1S/C16H21NO5/c1-2-20-15-8-12(10-18)5-6-14(15)22-11-16(19)17-9-13-4-3-7-21-13/h5-6,8,10,13H,2-4,7,9,11H2,1H3,(H,17,19)/t13-/m1/s1. The van der Waals surface area contributed by atoms with Gasteiger partial charge >= 0.3 is 0 Å². The van der Waals surface area contributed by atoms with Gasteiger partial charge in [-0.1, -0.05) is 0 Å². The van der Waals surface area contributed by atoms with Crippen LogP contribution in [0, 0.1) is 0 Å². The molecule has 0 saturated carbocycles. The van der Waals surface area contributed by atoms with Crippen LogP contribution in [0.2, 0.25) is 0 Å². The first kappa shape index (κ1) is 16.3. The van der Waals surface area contributed by atoms with E-state index in [1.165, 1.54) is 0 Å². The van der Waals surface area contributed by atoms with Crippen molar-refractivity contribution in [3.63, 3.8) is 0 Å². The van der Waals surface area contributed by atoms with Gasteiger partial charge in [0.15, 0.2) is 18.1 Å². The number of amides is 1. The van der Waals surface area contributed by atoms with Gasteiger partial charge < -0.3 is 19.5 Å². The number of nitrogens with one attached hydrogen (secondary N) is 1. The van der Waals surface area contributed by atoms with Crippen molar-refractivity contribution in [1.82, 2.24) is 5.32 Å². The van der Waals surface area contributed by atoms with E-state index in [4.69, 9.17) is 14.2 Å². The summed E-state index contributed by atoms with van der Waals surface area (Å²) in [7, 11) is 0. The summed E-state index contributed by atoms with van der Waals surface area (Å²) in [5.41, 5.74) is 0.499. The van der Waals surface area contributed by atoms with Crippen LogP contribution in [0.15, 0.2) is 18.2 Å². The first-order chi connectivity index (χ1) is 10.7. The maximum atomic E-state index is 11.8. The molecule has 6 nitrogen and oxygen atoms in total. The van der Waals surface area contributed by atoms with Gasteiger partial charge in [0.1, 0.15) is 6.29 Å². The Labute approximate surface area is 129 Å². The zero-order valence-electron chi connectivity index (χ0n) is 12.7. The molecular formula is C16H21NO5. The topological polar surface area (TPSA) is 73.9 Å². The highest BCUT2D eigenvalue weighted by molar-refractivity contribution is 5.78. The third-order valence-electron chi connectivity index (χ3n) is 3.31. The Morgan fingerprint density at radius 1 is 1.41 bits per heavy atom. The molecule has 1 amide bonds. The Bertz CT molecular complexity index is 511. The molecule has 0 spiro atoms. The highest BCUT2D eigenvalue weighted by Gasteiger charge is 2.16. The number of hydrogen-bond acceptors (Lipinski definition) is 5. The quantitative estimate of drug-likeness (QED) is 0.738. The fraction of sp³-hybridized carbons (Fsp3) is 0.500. The summed E-state index contributed by atoms with van der Waals surface area (Å²) in [6.07, 6.45) is 2.86. The van der Waals surface area contributed by atoms with E-state index < -0.39 is 0 Å². The average Bonchev–Trinajstić information content (AvgIpc) is 3.05. The van der Waals surface area contributed by atoms with Gasteiger partial charge in [-0.3, -0.25) is 9.59 Å². The largest absolute Gasteiger partial charge is 0.490 e. The number of rotatable bonds is 8. The van der Waals surface area contributed by atoms with Crippen molar-refractivity contribution in [3.05, 3.63) is 23.8 Å². The van der Waals surface area contributed by atoms with E-state index in [-0.39, 0.29) is 18.6 Å². The minimum Gasteiger partial charge on any atom is -0.490 e. The molecule has 1 aliphatic heterocycles. The van der Waals surface area contributed by atoms with Crippen molar-refractivity contribution in [3.8, 4) is 11.5 Å². The number of ether oxygens (including phenoxy) is 3. The molecular weight excluding hydrogens is 286 g/mol. The van der Waals surface area contributed by atoms with Crippen LogP contribution < -0.4 is 14.8 Å². The van der Waals surface area contributed by atoms with Crippen molar-refractivity contribution in [1.29, 1.82) is 0 Å². The molecule has 22 heavy (non-hydrogen) atoms. The van der Waals surface area contributed by atoms with Gasteiger partial charge in [0, 0.05) is 18.7 Å². The molecule has 0 aromatic heterocycles. The van der Waals surface area contributed by atoms with E-state index in [2.05, 4.69) is 5.32 Å². The number of carbonyl (C=O) groups is 2. The highest BCUT2D eigenvalue weighted by Crippen LogP contribution is 2.27. The summed E-state index contributed by atoms with van der Waals surface area (Å²) in [5, 5.41) is 2.78. The molecule has 0 unspecified atom stereocenters. The number of aldehydes is 1. The van der Waals surface area contributed by atoms with Crippen LogP contribution in [-0.2, 0) is 9.53 Å². The molecule has 0 aliphatic carbocycles. The zero-order valence-corrected chi connectivity index (χ0v) is 12.7. The summed E-state index contributed by atoms with van der Waals surface area (Å²) >= 11 is 0. The SMILES string of the molecule is CCOc1cc(C=O)ccc1OCC(=O)NC[C@H]1CCCO1. The molecule has 0 bridgehead atoms. The second kappa shape index (κ2) is 8.38. The van der Waals surface area contributed by atoms with E-state index >= 15 is 0 Å². The smallest absolute Gasteiger partial charge is 0.258 e. The second-order valence-electron chi connectivity index (χ2n) is 4.98. The van der Waals surface area contributed by atoms with Crippen molar-refractivity contribution >= 4 is 12.2 Å². The van der Waals surface area contributed by atoms with Crippen LogP contribution in [0.1, 0.15) is 30.1 Å². The molecule has 1 atom stereocenters. The second-order valence-corrected chi connectivity index (χ2v) is 4.98. The normalized spacial score (nSPS) is 17.0. The first-order valence-corrected chi connectivity index (χ1v) is 7.46. The average molecular weight is 307 g/mol. The summed E-state index contributed by atoms with van der Waals surface area (Å²) in [6.45, 7) is 3.45. The van der Waals surface area contributed by atoms with Gasteiger partial charge in [-0.2, -0.15) is 0 Å². The summed E-state index contributed by atoms with van der Waals surface area (Å²) in [5.74, 6) is 0.691. The molecule has 120 valence electrons. The Morgan fingerprint density at radius 2 is 2.27 bits per heavy atom. The lowest BCUT2D eigenvalue weighted by atomic mass is 10.2. The van der Waals surface area contributed by atoms with Gasteiger partial charge in [0.05, 0.1) is 12.7 Å². The maximum Gasteiger partial charge on any atom is 0.258 e. The molecule has 1 aliphatic rings. The lowest BCUT2D eigenvalue weighted by molar-refractivity contribution is -0.123. The Morgan fingerprint density at radius 3 is 2.95 bits per heavy atom. The van der Waals surface area contributed by atoms with Gasteiger partial charge in [-0.25, -0.2) is 0 Å². The number of benzene rings is 1. The fourth-order valence-corrected chi connectivity index (χ4v) is 2.21. The molecule has 0 radical (unpaired) electrons. The summed E-state index contributed by atoms with van der Waals surface area (Å²) < 4.78 is 16.3. The third-order valence-corrected chi connectivity index (χ3v) is 3.31. The Balaban J connectivity index is 1.84. The van der Waals surface area contributed by atoms with Crippen molar-refractivity contribution < 1.29 is 23.8 Å². The van der Waals surface area contributed by atoms with Crippen LogP contribution >= 0.6 is 0 Å². The van der Waals surface area contributed by atoms with Crippen LogP contribution in [-0.4, -0.2) is 44.7 Å².